The van der Waals surface area contributed by atoms with Crippen molar-refractivity contribution < 1.29 is 4.79 Å². The van der Waals surface area contributed by atoms with Crippen LogP contribution in [0.5, 0.6) is 0 Å². The Balaban J connectivity index is 2.00. The third kappa shape index (κ3) is 3.95. The topological polar surface area (TPSA) is 58.1 Å². The highest BCUT2D eigenvalue weighted by atomic mass is 35.5. The van der Waals surface area contributed by atoms with Crippen molar-refractivity contribution in [3.63, 3.8) is 0 Å². The molecule has 1 amide bonds. The fraction of sp³-hybridized carbons (Fsp3) is 0.312. The van der Waals surface area contributed by atoms with E-state index in [0.717, 1.165) is 5.56 Å². The molecule has 1 aromatic heterocycles. The highest BCUT2D eigenvalue weighted by molar-refractivity contribution is 6.31. The van der Waals surface area contributed by atoms with E-state index >= 15 is 0 Å². The highest BCUT2D eigenvalue weighted by Crippen LogP contribution is 2.15. The van der Waals surface area contributed by atoms with Gasteiger partial charge in [-0.25, -0.2) is 9.97 Å². The molecule has 2 rings (SSSR count). The molecule has 0 fully saturated rings. The van der Waals surface area contributed by atoms with Gasteiger partial charge in [-0.2, -0.15) is 0 Å². The minimum atomic E-state index is -0.0531. The number of amides is 1. The second-order valence-corrected chi connectivity index (χ2v) is 5.12. The summed E-state index contributed by atoms with van der Waals surface area (Å²) in [5, 5.41) is 3.79. The molecule has 1 heterocycles. The SMILES string of the molecule is CCN(CC)C(=O)c1cnc(NCc2ccccc2Cl)nc1. The van der Waals surface area contributed by atoms with Gasteiger partial charge in [-0.3, -0.25) is 4.79 Å². The number of rotatable bonds is 6. The fourth-order valence-corrected chi connectivity index (χ4v) is 2.24. The second kappa shape index (κ2) is 7.75. The average molecular weight is 319 g/mol. The van der Waals surface area contributed by atoms with Crippen molar-refractivity contribution in [1.29, 1.82) is 0 Å². The molecule has 0 spiro atoms. The van der Waals surface area contributed by atoms with Gasteiger partial charge in [0.15, 0.2) is 0 Å². The summed E-state index contributed by atoms with van der Waals surface area (Å²) >= 11 is 6.09. The number of carbonyl (C=O) groups is 1. The van der Waals surface area contributed by atoms with E-state index in [4.69, 9.17) is 11.6 Å². The summed E-state index contributed by atoms with van der Waals surface area (Å²) in [5.41, 5.74) is 1.46. The molecule has 0 aliphatic rings. The molecule has 0 bridgehead atoms. The maximum Gasteiger partial charge on any atom is 0.256 e. The second-order valence-electron chi connectivity index (χ2n) is 4.72. The normalized spacial score (nSPS) is 10.3. The first-order valence-corrected chi connectivity index (χ1v) is 7.62. The van der Waals surface area contributed by atoms with Gasteiger partial charge >= 0.3 is 0 Å². The molecule has 6 heteroatoms. The number of hydrogen-bond donors (Lipinski definition) is 1. The predicted octanol–water partition coefficient (Wildman–Crippen LogP) is 3.22. The van der Waals surface area contributed by atoms with E-state index in [0.29, 0.717) is 36.2 Å². The van der Waals surface area contributed by atoms with Crippen LogP contribution in [0, 0.1) is 0 Å². The molecule has 22 heavy (non-hydrogen) atoms. The summed E-state index contributed by atoms with van der Waals surface area (Å²) in [6, 6.07) is 7.59. The molecule has 0 saturated heterocycles. The lowest BCUT2D eigenvalue weighted by atomic mass is 10.2. The molecule has 0 radical (unpaired) electrons. The monoisotopic (exact) mass is 318 g/mol. The predicted molar refractivity (Wildman–Crippen MR) is 88.1 cm³/mol. The highest BCUT2D eigenvalue weighted by Gasteiger charge is 2.13. The third-order valence-corrected chi connectivity index (χ3v) is 3.71. The molecule has 0 atom stereocenters. The number of halogens is 1. The van der Waals surface area contributed by atoms with Gasteiger partial charge in [0.05, 0.1) is 5.56 Å². The summed E-state index contributed by atoms with van der Waals surface area (Å²) in [6.07, 6.45) is 3.09. The van der Waals surface area contributed by atoms with Crippen LogP contribution in [0.1, 0.15) is 29.8 Å². The van der Waals surface area contributed by atoms with E-state index in [1.54, 1.807) is 17.3 Å². The first-order valence-electron chi connectivity index (χ1n) is 7.24. The molecular formula is C16H19ClN4O. The largest absolute Gasteiger partial charge is 0.350 e. The summed E-state index contributed by atoms with van der Waals surface area (Å²) in [4.78, 5) is 22.2. The molecule has 0 unspecified atom stereocenters. The molecule has 116 valence electrons. The zero-order valence-electron chi connectivity index (χ0n) is 12.7. The third-order valence-electron chi connectivity index (χ3n) is 3.34. The van der Waals surface area contributed by atoms with Crippen molar-refractivity contribution >= 4 is 23.5 Å². The van der Waals surface area contributed by atoms with Gasteiger partial charge in [0.2, 0.25) is 5.95 Å². The van der Waals surface area contributed by atoms with Gasteiger partial charge in [-0.05, 0) is 25.5 Å². The van der Waals surface area contributed by atoms with Crippen LogP contribution in [0.3, 0.4) is 0 Å². The van der Waals surface area contributed by atoms with E-state index < -0.39 is 0 Å². The maximum absolute atomic E-state index is 12.2. The van der Waals surface area contributed by atoms with E-state index in [2.05, 4.69) is 15.3 Å². The number of anilines is 1. The van der Waals surface area contributed by atoms with Crippen molar-refractivity contribution in [2.75, 3.05) is 18.4 Å². The van der Waals surface area contributed by atoms with Gasteiger partial charge in [-0.15, -0.1) is 0 Å². The number of carbonyl (C=O) groups excluding carboxylic acids is 1. The van der Waals surface area contributed by atoms with Crippen molar-refractivity contribution in [1.82, 2.24) is 14.9 Å². The molecule has 0 aliphatic heterocycles. The minimum Gasteiger partial charge on any atom is -0.350 e. The quantitative estimate of drug-likeness (QED) is 0.888. The van der Waals surface area contributed by atoms with Crippen LogP contribution < -0.4 is 5.32 Å². The Bertz CT molecular complexity index is 626. The zero-order chi connectivity index (χ0) is 15.9. The van der Waals surface area contributed by atoms with Crippen LogP contribution in [-0.4, -0.2) is 33.9 Å². The molecule has 1 aromatic carbocycles. The van der Waals surface area contributed by atoms with E-state index in [1.165, 1.54) is 0 Å². The number of benzene rings is 1. The lowest BCUT2D eigenvalue weighted by Crippen LogP contribution is -2.30. The van der Waals surface area contributed by atoms with E-state index in [1.807, 2.05) is 38.1 Å². The lowest BCUT2D eigenvalue weighted by molar-refractivity contribution is 0.0772. The zero-order valence-corrected chi connectivity index (χ0v) is 13.5. The van der Waals surface area contributed by atoms with Crippen molar-refractivity contribution in [3.8, 4) is 0 Å². The van der Waals surface area contributed by atoms with Crippen molar-refractivity contribution in [2.45, 2.75) is 20.4 Å². The van der Waals surface area contributed by atoms with Crippen molar-refractivity contribution in [2.24, 2.45) is 0 Å². The van der Waals surface area contributed by atoms with Gasteiger partial charge in [0.1, 0.15) is 0 Å². The Morgan fingerprint density at radius 2 is 1.82 bits per heavy atom. The minimum absolute atomic E-state index is 0.0531. The van der Waals surface area contributed by atoms with Crippen LogP contribution in [0.2, 0.25) is 5.02 Å². The summed E-state index contributed by atoms with van der Waals surface area (Å²) < 4.78 is 0. The standard InChI is InChI=1S/C16H19ClN4O/c1-3-21(4-2)15(22)13-10-19-16(20-11-13)18-9-12-7-5-6-8-14(12)17/h5-8,10-11H,3-4,9H2,1-2H3,(H,18,19,20). The van der Waals surface area contributed by atoms with Crippen LogP contribution >= 0.6 is 11.6 Å². The average Bonchev–Trinajstić information content (AvgIpc) is 2.55. The van der Waals surface area contributed by atoms with Crippen molar-refractivity contribution in [3.05, 3.63) is 52.8 Å². The Hall–Kier alpha value is -2.14. The molecule has 1 N–H and O–H groups in total. The van der Waals surface area contributed by atoms with Crippen LogP contribution in [0.4, 0.5) is 5.95 Å². The number of nitrogens with zero attached hydrogens (tertiary/aromatic N) is 3. The summed E-state index contributed by atoms with van der Waals surface area (Å²) in [6.45, 7) is 5.76. The summed E-state index contributed by atoms with van der Waals surface area (Å²) in [7, 11) is 0. The molecule has 0 saturated carbocycles. The Labute approximate surface area is 135 Å². The summed E-state index contributed by atoms with van der Waals surface area (Å²) in [5.74, 6) is 0.415. The molecule has 0 aliphatic carbocycles. The van der Waals surface area contributed by atoms with Crippen LogP contribution in [0.25, 0.3) is 0 Å². The first-order chi connectivity index (χ1) is 10.7. The molecule has 2 aromatic rings. The number of hydrogen-bond acceptors (Lipinski definition) is 4. The van der Waals surface area contributed by atoms with E-state index in [-0.39, 0.29) is 5.91 Å². The number of nitrogens with one attached hydrogen (secondary N) is 1. The Morgan fingerprint density at radius 1 is 1.18 bits per heavy atom. The first kappa shape index (κ1) is 16.2. The van der Waals surface area contributed by atoms with Crippen LogP contribution in [-0.2, 0) is 6.54 Å². The van der Waals surface area contributed by atoms with E-state index in [9.17, 15) is 4.79 Å². The van der Waals surface area contributed by atoms with Gasteiger partial charge in [-0.1, -0.05) is 29.8 Å². The fourth-order valence-electron chi connectivity index (χ4n) is 2.04. The molecule has 5 nitrogen and oxygen atoms in total. The smallest absolute Gasteiger partial charge is 0.256 e. The van der Waals surface area contributed by atoms with Crippen LogP contribution in [0.15, 0.2) is 36.7 Å². The Morgan fingerprint density at radius 3 is 2.41 bits per heavy atom. The maximum atomic E-state index is 12.2. The Kier molecular flexibility index (Phi) is 5.72. The van der Waals surface area contributed by atoms with Gasteiger partial charge in [0, 0.05) is 37.1 Å². The number of aromatic nitrogens is 2. The van der Waals surface area contributed by atoms with Gasteiger partial charge in [0.25, 0.3) is 5.91 Å². The lowest BCUT2D eigenvalue weighted by Gasteiger charge is -2.18. The van der Waals surface area contributed by atoms with Gasteiger partial charge < -0.3 is 10.2 Å². The molecular weight excluding hydrogens is 300 g/mol.